The highest BCUT2D eigenvalue weighted by Crippen LogP contribution is 2.57. The molecular formula is C72H89FN16O10. The van der Waals surface area contributed by atoms with Crippen molar-refractivity contribution >= 4 is 92.4 Å². The lowest BCUT2D eigenvalue weighted by Crippen LogP contribution is -2.63. The van der Waals surface area contributed by atoms with Crippen molar-refractivity contribution in [2.45, 2.75) is 115 Å². The average Bonchev–Trinajstić information content (AvgIpc) is 1.71. The number of aromatic nitrogens is 6. The number of aryl methyl sites for hydroxylation is 1. The lowest BCUT2D eigenvalue weighted by Gasteiger charge is -2.59. The van der Waals surface area contributed by atoms with E-state index in [0.29, 0.717) is 162 Å². The minimum atomic E-state index is -0.645. The van der Waals surface area contributed by atoms with Crippen molar-refractivity contribution in [3.8, 4) is 11.1 Å². The van der Waals surface area contributed by atoms with Crippen LogP contribution in [0.3, 0.4) is 0 Å². The van der Waals surface area contributed by atoms with Gasteiger partial charge >= 0.3 is 5.97 Å². The van der Waals surface area contributed by atoms with Gasteiger partial charge in [0.25, 0.3) is 5.91 Å². The number of carbonyl (C=O) groups is 9. The van der Waals surface area contributed by atoms with E-state index in [1.54, 1.807) is 50.7 Å². The third-order valence-corrected chi connectivity index (χ3v) is 22.0. The van der Waals surface area contributed by atoms with Gasteiger partial charge in [-0.2, -0.15) is 10.2 Å². The number of amides is 8. The lowest BCUT2D eigenvalue weighted by atomic mass is 9.56. The maximum atomic E-state index is 16.1. The van der Waals surface area contributed by atoms with Gasteiger partial charge in [-0.25, -0.2) is 14.4 Å². The van der Waals surface area contributed by atoms with Crippen molar-refractivity contribution in [1.82, 2.24) is 64.2 Å². The third kappa shape index (κ3) is 14.6. The highest BCUT2D eigenvalue weighted by molar-refractivity contribution is 6.00. The molecule has 8 amide bonds. The number of carbonyl (C=O) groups excluding carboxylic acids is 9. The molecule has 1 spiro atoms. The zero-order valence-corrected chi connectivity index (χ0v) is 56.8. The first-order chi connectivity index (χ1) is 47.8. The second-order valence-corrected chi connectivity index (χ2v) is 28.4. The minimum absolute atomic E-state index is 0.0649. The van der Waals surface area contributed by atoms with Gasteiger partial charge in [-0.1, -0.05) is 24.3 Å². The number of hydrogen-bond acceptors (Lipinski definition) is 16. The first-order valence-corrected chi connectivity index (χ1v) is 35.2. The highest BCUT2D eigenvalue weighted by Gasteiger charge is 2.55. The zero-order chi connectivity index (χ0) is 69.2. The van der Waals surface area contributed by atoms with E-state index < -0.39 is 29.5 Å². The number of benzene rings is 3. The molecular weight excluding hydrogens is 1270 g/mol. The largest absolute Gasteiger partial charge is 0.468 e. The van der Waals surface area contributed by atoms with Gasteiger partial charge in [-0.3, -0.25) is 52.5 Å². The molecule has 27 heteroatoms. The molecule has 1 saturated carbocycles. The molecule has 6 saturated heterocycles. The van der Waals surface area contributed by atoms with Gasteiger partial charge in [-0.15, -0.1) is 0 Å². The number of nitrogens with zero attached hydrogens (tertiary/aromatic N) is 13. The molecule has 4 N–H and O–H groups in total. The van der Waals surface area contributed by atoms with E-state index in [2.05, 4.69) is 42.5 Å². The standard InChI is InChI=1S/C72H89FN16O10/c1-81(41-59(90)75-40-63(94)99-3)62(93)42-89-56-9-7-8-53(54-35-57-50(34-55(54)73)38-77-82(57)2)64(56)65(80-89)51-36-72(37-51)43-88(44-72)61(92)15-14-60(91)84-26-18-47(19-27-84)69(96)86-30-22-49(23-31-86)71(98)87-32-20-48(21-33-87)70(97)85-28-16-46(17-29-85)45-10-12-52(13-11-45)78-68-66(67(74)95)76-39-58(79-68)83-24-5-4-6-25-83/h7-13,34-35,38-39,46-49,51H,4-6,14-33,36-37,40-44H2,1-3H3,(H2,74,95)(H,75,90)(H,78,79). The van der Waals surface area contributed by atoms with Crippen LogP contribution >= 0.6 is 0 Å². The molecule has 9 heterocycles. The number of likely N-dealkylation sites (tertiary alicyclic amines) is 5. The van der Waals surface area contributed by atoms with E-state index in [1.165, 1.54) is 37.1 Å². The Morgan fingerprint density at radius 1 is 0.677 bits per heavy atom. The number of likely N-dealkylation sites (N-methyl/N-ethyl adjacent to an activating group) is 1. The number of piperidine rings is 5. The van der Waals surface area contributed by atoms with Gasteiger partial charge < -0.3 is 55.4 Å². The fourth-order valence-electron chi connectivity index (χ4n) is 16.2. The van der Waals surface area contributed by atoms with E-state index in [9.17, 15) is 43.2 Å². The van der Waals surface area contributed by atoms with Crippen LogP contribution in [0, 0.1) is 29.0 Å². The molecule has 0 radical (unpaired) electrons. The molecule has 13 rings (SSSR count). The van der Waals surface area contributed by atoms with Gasteiger partial charge in [0.1, 0.15) is 24.7 Å². The van der Waals surface area contributed by atoms with E-state index in [-0.39, 0.29) is 96.8 Å². The van der Waals surface area contributed by atoms with Crippen LogP contribution in [-0.4, -0.2) is 218 Å². The van der Waals surface area contributed by atoms with Gasteiger partial charge in [0, 0.05) is 157 Å². The summed E-state index contributed by atoms with van der Waals surface area (Å²) in [6.07, 6.45) is 13.4. The second-order valence-electron chi connectivity index (χ2n) is 28.4. The van der Waals surface area contributed by atoms with Crippen LogP contribution in [0.5, 0.6) is 0 Å². The number of primary amides is 1. The Morgan fingerprint density at radius 3 is 1.86 bits per heavy atom. The Labute approximate surface area is 574 Å². The van der Waals surface area contributed by atoms with E-state index >= 15 is 4.39 Å². The molecule has 6 aliphatic heterocycles. The van der Waals surface area contributed by atoms with Crippen LogP contribution < -0.4 is 21.3 Å². The summed E-state index contributed by atoms with van der Waals surface area (Å²) in [5.41, 5.74) is 10.6. The van der Waals surface area contributed by atoms with Crippen LogP contribution in [0.2, 0.25) is 0 Å². The number of halogens is 1. The summed E-state index contributed by atoms with van der Waals surface area (Å²) in [6, 6.07) is 16.9. The van der Waals surface area contributed by atoms with Gasteiger partial charge in [0.15, 0.2) is 11.5 Å². The summed E-state index contributed by atoms with van der Waals surface area (Å²) in [7, 11) is 4.49. The Kier molecular flexibility index (Phi) is 20.0. The van der Waals surface area contributed by atoms with Crippen LogP contribution in [0.15, 0.2) is 67.0 Å². The van der Waals surface area contributed by atoms with E-state index in [4.69, 9.17) is 15.8 Å². The normalized spacial score (nSPS) is 18.9. The molecule has 7 fully saturated rings. The molecule has 3 aromatic carbocycles. The predicted molar refractivity (Wildman–Crippen MR) is 365 cm³/mol. The third-order valence-electron chi connectivity index (χ3n) is 22.0. The van der Waals surface area contributed by atoms with Crippen molar-refractivity contribution in [2.24, 2.45) is 36.0 Å². The number of rotatable bonds is 19. The molecule has 99 heavy (non-hydrogen) atoms. The number of hydrogen-bond donors (Lipinski definition) is 3. The molecule has 1 aliphatic carbocycles. The molecule has 524 valence electrons. The van der Waals surface area contributed by atoms with Crippen LogP contribution in [-0.2, 0) is 56.7 Å². The smallest absolute Gasteiger partial charge is 0.325 e. The second kappa shape index (κ2) is 29.1. The van der Waals surface area contributed by atoms with Crippen LogP contribution in [0.25, 0.3) is 32.9 Å². The highest BCUT2D eigenvalue weighted by atomic mass is 19.1. The number of nitrogens with two attached hydrogens (primary N) is 1. The summed E-state index contributed by atoms with van der Waals surface area (Å²) in [4.78, 5) is 141. The van der Waals surface area contributed by atoms with Crippen molar-refractivity contribution in [3.05, 3.63) is 89.8 Å². The average molecular weight is 1360 g/mol. The zero-order valence-electron chi connectivity index (χ0n) is 56.8. The number of fused-ring (bicyclic) bond motifs is 2. The maximum absolute atomic E-state index is 16.1. The summed E-state index contributed by atoms with van der Waals surface area (Å²) in [5.74, 6) is -1.71. The van der Waals surface area contributed by atoms with Crippen LogP contribution in [0.1, 0.15) is 130 Å². The lowest BCUT2D eigenvalue weighted by molar-refractivity contribution is -0.153. The Bertz CT molecular complexity index is 4070. The number of anilines is 3. The molecule has 0 unspecified atom stereocenters. The Balaban J connectivity index is 0.521. The van der Waals surface area contributed by atoms with E-state index in [0.717, 1.165) is 55.8 Å². The maximum Gasteiger partial charge on any atom is 0.325 e. The fourth-order valence-corrected chi connectivity index (χ4v) is 16.2. The minimum Gasteiger partial charge on any atom is -0.468 e. The summed E-state index contributed by atoms with van der Waals surface area (Å²) in [5, 5.41) is 16.4. The molecule has 3 aromatic heterocycles. The molecule has 0 bridgehead atoms. The Hall–Kier alpha value is -9.56. The topological polar surface area (TPSA) is 297 Å². The Morgan fingerprint density at radius 2 is 1.26 bits per heavy atom. The van der Waals surface area contributed by atoms with Gasteiger partial charge in [0.05, 0.1) is 42.8 Å². The number of nitrogens with one attached hydrogen (secondary N) is 2. The molecule has 26 nitrogen and oxygen atoms in total. The number of methoxy groups -OCH3 is 1. The van der Waals surface area contributed by atoms with Crippen LogP contribution in [0.4, 0.5) is 21.7 Å². The number of ether oxygens (including phenoxy) is 1. The SMILES string of the molecule is COC(=O)CNC(=O)CN(C)C(=O)Cn1nc(C2CC3(C2)CN(C(=O)CCC(=O)N2CCC(C(=O)N4CCC(C(=O)N5CCC(C(=O)N6CCC(c7ccc(Nc8nc(N9CCCCC9)cnc8C(N)=O)cc7)CC6)CC5)CC4)CC2)C3)c2c(-c3cc4c(cnn4C)cc3F)cccc21. The fraction of sp³-hybridized carbons (Fsp3) is 0.542. The number of esters is 1. The van der Waals surface area contributed by atoms with Crippen molar-refractivity contribution in [1.29, 1.82) is 0 Å². The molecule has 7 aliphatic rings. The van der Waals surface area contributed by atoms with Crippen molar-refractivity contribution in [2.75, 3.05) is 116 Å². The molecule has 6 aromatic rings. The molecule has 0 atom stereocenters. The van der Waals surface area contributed by atoms with Crippen molar-refractivity contribution in [3.63, 3.8) is 0 Å². The first-order valence-electron chi connectivity index (χ1n) is 35.2. The quantitative estimate of drug-likeness (QED) is 0.0819. The first kappa shape index (κ1) is 68.0. The van der Waals surface area contributed by atoms with Gasteiger partial charge in [-0.05, 0) is 131 Å². The van der Waals surface area contributed by atoms with Gasteiger partial charge in [0.2, 0.25) is 41.4 Å². The predicted octanol–water partition coefficient (Wildman–Crippen LogP) is 5.71. The summed E-state index contributed by atoms with van der Waals surface area (Å²) in [6.45, 7) is 6.32. The monoisotopic (exact) mass is 1360 g/mol. The summed E-state index contributed by atoms with van der Waals surface area (Å²) >= 11 is 0. The summed E-state index contributed by atoms with van der Waals surface area (Å²) < 4.78 is 24.0. The van der Waals surface area contributed by atoms with Crippen molar-refractivity contribution < 1.29 is 52.3 Å². The van der Waals surface area contributed by atoms with E-state index in [1.807, 2.05) is 39.0 Å².